The topological polar surface area (TPSA) is 90.6 Å². The van der Waals surface area contributed by atoms with Crippen molar-refractivity contribution < 1.29 is 19.1 Å². The van der Waals surface area contributed by atoms with Crippen LogP contribution < -0.4 is 10.1 Å². The molecule has 1 aliphatic heterocycles. The number of benzene rings is 3. The Morgan fingerprint density at radius 2 is 1.74 bits per heavy atom. The molecule has 0 aliphatic carbocycles. The summed E-state index contributed by atoms with van der Waals surface area (Å²) < 4.78 is 15.1. The molecule has 0 saturated carbocycles. The highest BCUT2D eigenvalue weighted by Crippen LogP contribution is 2.31. The van der Waals surface area contributed by atoms with Crippen molar-refractivity contribution >= 4 is 22.6 Å². The lowest BCUT2D eigenvalue weighted by Gasteiger charge is -2.32. The van der Waals surface area contributed by atoms with Gasteiger partial charge in [-0.2, -0.15) is 0 Å². The number of carbonyl (C=O) groups is 2. The maximum atomic E-state index is 13.4. The van der Waals surface area contributed by atoms with Crippen LogP contribution >= 0.6 is 0 Å². The summed E-state index contributed by atoms with van der Waals surface area (Å²) >= 11 is 0. The highest BCUT2D eigenvalue weighted by molar-refractivity contribution is 5.99. The van der Waals surface area contributed by atoms with E-state index >= 15 is 0 Å². The molecule has 0 bridgehead atoms. The Hall–Kier alpha value is -4.89. The molecule has 2 amide bonds. The van der Waals surface area contributed by atoms with Crippen LogP contribution in [-0.2, 0) is 22.6 Å². The molecule has 0 radical (unpaired) electrons. The van der Waals surface area contributed by atoms with Crippen molar-refractivity contribution in [2.24, 2.45) is 5.92 Å². The van der Waals surface area contributed by atoms with Crippen molar-refractivity contribution in [3.8, 4) is 16.9 Å². The van der Waals surface area contributed by atoms with Gasteiger partial charge in [0.25, 0.3) is 11.8 Å². The highest BCUT2D eigenvalue weighted by atomic mass is 16.5. The van der Waals surface area contributed by atoms with Gasteiger partial charge in [-0.25, -0.2) is 4.98 Å². The van der Waals surface area contributed by atoms with Gasteiger partial charge in [0.05, 0.1) is 18.6 Å². The Kier molecular flexibility index (Phi) is 10.1. The van der Waals surface area contributed by atoms with E-state index in [1.165, 1.54) is 0 Å². The maximum absolute atomic E-state index is 13.4. The predicted octanol–water partition coefficient (Wildman–Crippen LogP) is 5.64. The highest BCUT2D eigenvalue weighted by Gasteiger charge is 2.24. The number of aromatic nitrogens is 3. The molecule has 9 heteroatoms. The number of amides is 2. The lowest BCUT2D eigenvalue weighted by Crippen LogP contribution is -2.41. The number of piperidine rings is 1. The monoisotopic (exact) mass is 619 g/mol. The fourth-order valence-corrected chi connectivity index (χ4v) is 6.18. The van der Waals surface area contributed by atoms with E-state index < -0.39 is 0 Å². The normalized spacial score (nSPS) is 13.6. The van der Waals surface area contributed by atoms with Gasteiger partial charge in [-0.1, -0.05) is 60.7 Å². The third kappa shape index (κ3) is 7.49. The molecule has 3 aromatic carbocycles. The number of nitrogens with zero attached hydrogens (tertiary/aromatic N) is 4. The van der Waals surface area contributed by atoms with Gasteiger partial charge in [-0.3, -0.25) is 9.59 Å². The largest absolute Gasteiger partial charge is 0.484 e. The van der Waals surface area contributed by atoms with Crippen LogP contribution in [0.5, 0.6) is 5.75 Å². The van der Waals surface area contributed by atoms with Gasteiger partial charge in [0, 0.05) is 57.9 Å². The second-order valence-corrected chi connectivity index (χ2v) is 11.8. The summed E-state index contributed by atoms with van der Waals surface area (Å²) in [6, 6.07) is 26.0. The number of nitrogens with one attached hydrogen (secondary N) is 1. The Labute approximate surface area is 269 Å². The Morgan fingerprint density at radius 1 is 0.957 bits per heavy atom. The average molecular weight is 620 g/mol. The number of likely N-dealkylation sites (tertiary alicyclic amines) is 1. The minimum atomic E-state index is -0.109. The summed E-state index contributed by atoms with van der Waals surface area (Å²) in [5, 5.41) is 5.37. The molecular weight excluding hydrogens is 578 g/mol. The molecule has 1 N–H and O–H groups in total. The molecule has 9 nitrogen and oxygen atoms in total. The zero-order valence-electron chi connectivity index (χ0n) is 26.3. The van der Waals surface area contributed by atoms with Crippen LogP contribution in [0.15, 0.2) is 97.6 Å². The maximum Gasteiger partial charge on any atom is 0.267 e. The van der Waals surface area contributed by atoms with Crippen molar-refractivity contribution in [3.63, 3.8) is 0 Å². The minimum Gasteiger partial charge on any atom is -0.484 e. The van der Waals surface area contributed by atoms with Crippen LogP contribution in [0.1, 0.15) is 35.4 Å². The zero-order valence-corrected chi connectivity index (χ0v) is 26.3. The van der Waals surface area contributed by atoms with Gasteiger partial charge in [-0.05, 0) is 59.7 Å². The fourth-order valence-electron chi connectivity index (χ4n) is 6.18. The van der Waals surface area contributed by atoms with Gasteiger partial charge >= 0.3 is 0 Å². The standard InChI is InChI=1S/C37H41N5O4/c1-45-20-8-17-39-37(44)35-21-30(34-14-7-10-29-9-5-6-13-33(29)34)24-41(35)25-31-22-38-27-42(31)23-28-15-18-40(19-16-28)36(43)26-46-32-11-3-2-4-12-32/h2-7,9-14,21-22,24,27-28H,8,15-20,23,25-26H2,1H3,(H,39,44). The number of imidazole rings is 1. The van der Waals surface area contributed by atoms with Crippen LogP contribution in [0.2, 0.25) is 0 Å². The number of ether oxygens (including phenoxy) is 2. The number of rotatable bonds is 13. The second kappa shape index (κ2) is 14.9. The minimum absolute atomic E-state index is 0.0215. The first kappa shape index (κ1) is 31.1. The molecule has 5 aromatic rings. The molecular formula is C37H41N5O4. The third-order valence-corrected chi connectivity index (χ3v) is 8.70. The van der Waals surface area contributed by atoms with E-state index in [4.69, 9.17) is 9.47 Å². The van der Waals surface area contributed by atoms with Gasteiger partial charge in [0.2, 0.25) is 0 Å². The molecule has 1 saturated heterocycles. The zero-order chi connectivity index (χ0) is 31.7. The summed E-state index contributed by atoms with van der Waals surface area (Å²) in [5.74, 6) is 1.04. The van der Waals surface area contributed by atoms with E-state index in [1.807, 2.05) is 70.5 Å². The van der Waals surface area contributed by atoms with E-state index in [1.54, 1.807) is 7.11 Å². The molecule has 0 unspecified atom stereocenters. The van der Waals surface area contributed by atoms with Crippen LogP contribution in [0.25, 0.3) is 21.9 Å². The quantitative estimate of drug-likeness (QED) is 0.172. The fraction of sp³-hybridized carbons (Fsp3) is 0.324. The van der Waals surface area contributed by atoms with E-state index in [0.29, 0.717) is 50.1 Å². The molecule has 1 fully saturated rings. The lowest BCUT2D eigenvalue weighted by atomic mass is 9.96. The van der Waals surface area contributed by atoms with Gasteiger partial charge in [0.15, 0.2) is 6.61 Å². The Morgan fingerprint density at radius 3 is 2.57 bits per heavy atom. The van der Waals surface area contributed by atoms with Crippen molar-refractivity contribution in [2.75, 3.05) is 40.0 Å². The van der Waals surface area contributed by atoms with E-state index in [-0.39, 0.29) is 18.4 Å². The van der Waals surface area contributed by atoms with Crippen molar-refractivity contribution in [2.45, 2.75) is 32.4 Å². The predicted molar refractivity (Wildman–Crippen MR) is 179 cm³/mol. The summed E-state index contributed by atoms with van der Waals surface area (Å²) in [5.41, 5.74) is 3.73. The SMILES string of the molecule is COCCCNC(=O)c1cc(-c2cccc3ccccc23)cn1Cc1cncn1CC1CCN(C(=O)COc2ccccc2)CC1. The summed E-state index contributed by atoms with van der Waals surface area (Å²) in [4.78, 5) is 32.6. The Balaban J connectivity index is 1.14. The number of hydrogen-bond donors (Lipinski definition) is 1. The van der Waals surface area contributed by atoms with E-state index in [9.17, 15) is 9.59 Å². The number of hydrogen-bond acceptors (Lipinski definition) is 5. The second-order valence-electron chi connectivity index (χ2n) is 11.8. The molecule has 0 spiro atoms. The van der Waals surface area contributed by atoms with Crippen LogP contribution in [-0.4, -0.2) is 70.8 Å². The van der Waals surface area contributed by atoms with Crippen LogP contribution in [0.4, 0.5) is 0 Å². The van der Waals surface area contributed by atoms with E-state index in [2.05, 4.69) is 51.4 Å². The smallest absolute Gasteiger partial charge is 0.267 e. The van der Waals surface area contributed by atoms with E-state index in [0.717, 1.165) is 53.4 Å². The lowest BCUT2D eigenvalue weighted by molar-refractivity contribution is -0.134. The third-order valence-electron chi connectivity index (χ3n) is 8.70. The molecule has 1 aliphatic rings. The summed E-state index contributed by atoms with van der Waals surface area (Å²) in [7, 11) is 1.66. The molecule has 3 heterocycles. The number of fused-ring (bicyclic) bond motifs is 1. The summed E-state index contributed by atoms with van der Waals surface area (Å²) in [6.45, 7) is 3.94. The molecule has 2 aromatic heterocycles. The van der Waals surface area contributed by atoms with Gasteiger partial charge in [-0.15, -0.1) is 0 Å². The number of methoxy groups -OCH3 is 1. The van der Waals surface area contributed by atoms with Gasteiger partial charge in [0.1, 0.15) is 11.4 Å². The molecule has 6 rings (SSSR count). The van der Waals surface area contributed by atoms with Gasteiger partial charge < -0.3 is 28.8 Å². The number of carbonyl (C=O) groups excluding carboxylic acids is 2. The van der Waals surface area contributed by atoms with Crippen molar-refractivity contribution in [1.82, 2.24) is 24.3 Å². The average Bonchev–Trinajstić information content (AvgIpc) is 3.73. The summed E-state index contributed by atoms with van der Waals surface area (Å²) in [6.07, 6.45) is 8.41. The van der Waals surface area contributed by atoms with Crippen molar-refractivity contribution in [1.29, 1.82) is 0 Å². The number of para-hydroxylation sites is 1. The first-order valence-electron chi connectivity index (χ1n) is 16.0. The van der Waals surface area contributed by atoms with Crippen molar-refractivity contribution in [3.05, 3.63) is 109 Å². The first-order chi connectivity index (χ1) is 22.6. The van der Waals surface area contributed by atoms with Crippen LogP contribution in [0.3, 0.4) is 0 Å². The first-order valence-corrected chi connectivity index (χ1v) is 16.0. The molecule has 238 valence electrons. The molecule has 46 heavy (non-hydrogen) atoms. The van der Waals surface area contributed by atoms with Crippen LogP contribution in [0, 0.1) is 5.92 Å². The Bertz CT molecular complexity index is 1750. The molecule has 0 atom stereocenters.